The van der Waals surface area contributed by atoms with Gasteiger partial charge in [-0.25, -0.2) is 4.68 Å². The summed E-state index contributed by atoms with van der Waals surface area (Å²) in [4.78, 5) is 25.8. The molecule has 7 nitrogen and oxygen atoms in total. The van der Waals surface area contributed by atoms with Gasteiger partial charge in [-0.3, -0.25) is 9.59 Å². The fourth-order valence-corrected chi connectivity index (χ4v) is 3.16. The van der Waals surface area contributed by atoms with Crippen molar-refractivity contribution in [3.8, 4) is 11.5 Å². The van der Waals surface area contributed by atoms with Crippen LogP contribution in [0.5, 0.6) is 11.5 Å². The van der Waals surface area contributed by atoms with Gasteiger partial charge in [-0.05, 0) is 31.0 Å². The largest absolute Gasteiger partial charge is 0.493 e. The molecular weight excluding hydrogens is 370 g/mol. The van der Waals surface area contributed by atoms with Gasteiger partial charge in [0.1, 0.15) is 0 Å². The Hall–Kier alpha value is -3.35. The average Bonchev–Trinajstić information content (AvgIpc) is 2.74. The molecule has 1 N–H and O–H groups in total. The predicted octanol–water partition coefficient (Wildman–Crippen LogP) is 3.77. The van der Waals surface area contributed by atoms with E-state index < -0.39 is 0 Å². The summed E-state index contributed by atoms with van der Waals surface area (Å²) in [5.41, 5.74) is 1.43. The van der Waals surface area contributed by atoms with E-state index in [0.717, 1.165) is 18.4 Å². The van der Waals surface area contributed by atoms with Crippen LogP contribution >= 0.6 is 0 Å². The van der Waals surface area contributed by atoms with E-state index in [2.05, 4.69) is 10.4 Å². The average molecular weight is 395 g/mol. The molecule has 1 heterocycles. The van der Waals surface area contributed by atoms with Crippen LogP contribution in [-0.2, 0) is 6.54 Å². The molecule has 0 aliphatic heterocycles. The van der Waals surface area contributed by atoms with Crippen molar-refractivity contribution in [3.05, 3.63) is 58.0 Å². The number of aryl methyl sites for hydroxylation is 2. The quantitative estimate of drug-likeness (QED) is 0.658. The van der Waals surface area contributed by atoms with Crippen molar-refractivity contribution in [2.45, 2.75) is 33.2 Å². The normalized spacial score (nSPS) is 10.8. The summed E-state index contributed by atoms with van der Waals surface area (Å²) in [5, 5.41) is 8.28. The van der Waals surface area contributed by atoms with Crippen molar-refractivity contribution >= 4 is 22.4 Å². The van der Waals surface area contributed by atoms with Gasteiger partial charge in [0.05, 0.1) is 19.6 Å². The third kappa shape index (κ3) is 4.08. The summed E-state index contributed by atoms with van der Waals surface area (Å²) < 4.78 is 12.0. The van der Waals surface area contributed by atoms with E-state index in [0.29, 0.717) is 34.5 Å². The fraction of sp³-hybridized carbons (Fsp3) is 0.318. The molecule has 0 fully saturated rings. The van der Waals surface area contributed by atoms with Crippen LogP contribution in [0.15, 0.2) is 41.2 Å². The molecule has 0 saturated heterocycles. The van der Waals surface area contributed by atoms with E-state index >= 15 is 0 Å². The maximum atomic E-state index is 13.1. The second kappa shape index (κ2) is 8.77. The molecule has 29 heavy (non-hydrogen) atoms. The van der Waals surface area contributed by atoms with Gasteiger partial charge in [0.25, 0.3) is 11.5 Å². The molecule has 2 aromatic carbocycles. The topological polar surface area (TPSA) is 82.5 Å². The van der Waals surface area contributed by atoms with Gasteiger partial charge in [-0.15, -0.1) is 0 Å². The number of fused-ring (bicyclic) bond motifs is 1. The van der Waals surface area contributed by atoms with Crippen molar-refractivity contribution in [2.24, 2.45) is 0 Å². The Morgan fingerprint density at radius 2 is 1.76 bits per heavy atom. The Balaban J connectivity index is 2.05. The molecular formula is C22H25N3O4. The summed E-state index contributed by atoms with van der Waals surface area (Å²) in [5.74, 6) is 0.709. The minimum absolute atomic E-state index is 0.187. The van der Waals surface area contributed by atoms with Gasteiger partial charge in [0.2, 0.25) is 0 Å². The standard InChI is InChI=1S/C22H25N3O4/c1-5-6-11-25-22(27)16-10-8-7-9-15(16)20(24-25)21(26)23-17-13-19(29-4)18(28-3)12-14(17)2/h7-10,12-13H,5-6,11H2,1-4H3,(H,23,26). The number of hydrogen-bond acceptors (Lipinski definition) is 5. The molecule has 0 unspecified atom stereocenters. The van der Waals surface area contributed by atoms with Crippen LogP contribution in [0.4, 0.5) is 5.69 Å². The Morgan fingerprint density at radius 1 is 1.10 bits per heavy atom. The molecule has 7 heteroatoms. The molecule has 0 bridgehead atoms. The van der Waals surface area contributed by atoms with Crippen LogP contribution in [0.2, 0.25) is 0 Å². The van der Waals surface area contributed by atoms with Crippen molar-refractivity contribution in [3.63, 3.8) is 0 Å². The van der Waals surface area contributed by atoms with Crippen LogP contribution in [-0.4, -0.2) is 29.9 Å². The minimum Gasteiger partial charge on any atom is -0.493 e. The van der Waals surface area contributed by atoms with Gasteiger partial charge in [-0.2, -0.15) is 5.10 Å². The minimum atomic E-state index is -0.387. The summed E-state index contributed by atoms with van der Waals surface area (Å²) >= 11 is 0. The number of rotatable bonds is 7. The number of nitrogens with one attached hydrogen (secondary N) is 1. The second-order valence-electron chi connectivity index (χ2n) is 6.75. The van der Waals surface area contributed by atoms with E-state index in [1.54, 1.807) is 43.5 Å². The van der Waals surface area contributed by atoms with E-state index in [9.17, 15) is 9.59 Å². The van der Waals surface area contributed by atoms with Gasteiger partial charge < -0.3 is 14.8 Å². The molecule has 0 atom stereocenters. The highest BCUT2D eigenvalue weighted by molar-refractivity contribution is 6.11. The number of anilines is 1. The van der Waals surface area contributed by atoms with E-state index in [-0.39, 0.29) is 17.2 Å². The smallest absolute Gasteiger partial charge is 0.276 e. The highest BCUT2D eigenvalue weighted by atomic mass is 16.5. The summed E-state index contributed by atoms with van der Waals surface area (Å²) in [6, 6.07) is 10.5. The third-order valence-corrected chi connectivity index (χ3v) is 4.79. The SMILES string of the molecule is CCCCn1nc(C(=O)Nc2cc(OC)c(OC)cc2C)c2ccccc2c1=O. The molecule has 0 spiro atoms. The molecule has 0 aliphatic carbocycles. The van der Waals surface area contributed by atoms with Gasteiger partial charge in [0, 0.05) is 23.7 Å². The number of aromatic nitrogens is 2. The molecule has 1 aromatic heterocycles. The first kappa shape index (κ1) is 20.4. The maximum Gasteiger partial charge on any atom is 0.276 e. The van der Waals surface area contributed by atoms with Crippen LogP contribution in [0.3, 0.4) is 0 Å². The summed E-state index contributed by atoms with van der Waals surface area (Å²) in [7, 11) is 3.10. The number of benzene rings is 2. The Morgan fingerprint density at radius 3 is 2.41 bits per heavy atom. The number of methoxy groups -OCH3 is 2. The lowest BCUT2D eigenvalue weighted by Gasteiger charge is -2.15. The Kier molecular flexibility index (Phi) is 6.16. The molecule has 152 valence electrons. The molecule has 1 amide bonds. The molecule has 0 aliphatic rings. The number of hydrogen-bond donors (Lipinski definition) is 1. The third-order valence-electron chi connectivity index (χ3n) is 4.79. The first-order chi connectivity index (χ1) is 14.0. The first-order valence-corrected chi connectivity index (χ1v) is 9.54. The first-order valence-electron chi connectivity index (χ1n) is 9.54. The molecule has 0 saturated carbocycles. The predicted molar refractivity (Wildman–Crippen MR) is 113 cm³/mol. The Labute approximate surface area is 169 Å². The van der Waals surface area contributed by atoms with Crippen LogP contribution in [0.25, 0.3) is 10.8 Å². The summed E-state index contributed by atoms with van der Waals surface area (Å²) in [6.07, 6.45) is 1.73. The van der Waals surface area contributed by atoms with Crippen molar-refractivity contribution < 1.29 is 14.3 Å². The Bertz CT molecular complexity index is 1110. The van der Waals surface area contributed by atoms with E-state index in [1.165, 1.54) is 11.8 Å². The fourth-order valence-electron chi connectivity index (χ4n) is 3.16. The van der Waals surface area contributed by atoms with Gasteiger partial charge >= 0.3 is 0 Å². The van der Waals surface area contributed by atoms with Gasteiger partial charge in [-0.1, -0.05) is 31.5 Å². The lowest BCUT2D eigenvalue weighted by atomic mass is 10.1. The molecule has 3 aromatic rings. The molecule has 3 rings (SSSR count). The highest BCUT2D eigenvalue weighted by Crippen LogP contribution is 2.33. The van der Waals surface area contributed by atoms with E-state index in [4.69, 9.17) is 9.47 Å². The maximum absolute atomic E-state index is 13.1. The second-order valence-corrected chi connectivity index (χ2v) is 6.75. The van der Waals surface area contributed by atoms with Crippen molar-refractivity contribution in [1.82, 2.24) is 9.78 Å². The van der Waals surface area contributed by atoms with Crippen molar-refractivity contribution in [2.75, 3.05) is 19.5 Å². The van der Waals surface area contributed by atoms with E-state index in [1.807, 2.05) is 13.8 Å². The number of carbonyl (C=O) groups excluding carboxylic acids is 1. The zero-order valence-electron chi connectivity index (χ0n) is 17.1. The summed E-state index contributed by atoms with van der Waals surface area (Å²) in [6.45, 7) is 4.38. The number of amides is 1. The number of carbonyl (C=O) groups is 1. The monoisotopic (exact) mass is 395 g/mol. The molecule has 0 radical (unpaired) electrons. The lowest BCUT2D eigenvalue weighted by Crippen LogP contribution is -2.27. The van der Waals surface area contributed by atoms with Crippen LogP contribution in [0.1, 0.15) is 35.8 Å². The van der Waals surface area contributed by atoms with Crippen LogP contribution < -0.4 is 20.3 Å². The number of ether oxygens (including phenoxy) is 2. The van der Waals surface area contributed by atoms with Crippen molar-refractivity contribution in [1.29, 1.82) is 0 Å². The number of unbranched alkanes of at least 4 members (excludes halogenated alkanes) is 1. The highest BCUT2D eigenvalue weighted by Gasteiger charge is 2.18. The van der Waals surface area contributed by atoms with Gasteiger partial charge in [0.15, 0.2) is 17.2 Å². The van der Waals surface area contributed by atoms with Crippen LogP contribution in [0, 0.1) is 6.92 Å². The lowest BCUT2D eigenvalue weighted by molar-refractivity contribution is 0.102. The zero-order chi connectivity index (χ0) is 21.0. The number of nitrogens with zero attached hydrogens (tertiary/aromatic N) is 2. The zero-order valence-corrected chi connectivity index (χ0v) is 17.1.